The molecule has 0 saturated heterocycles. The van der Waals surface area contributed by atoms with Crippen molar-refractivity contribution in [2.24, 2.45) is 5.92 Å². The molecule has 0 spiro atoms. The van der Waals surface area contributed by atoms with Crippen LogP contribution in [-0.4, -0.2) is 23.2 Å². The predicted octanol–water partition coefficient (Wildman–Crippen LogP) is 11.0. The van der Waals surface area contributed by atoms with Gasteiger partial charge in [-0.05, 0) is 60.0 Å². The first kappa shape index (κ1) is 35.5. The van der Waals surface area contributed by atoms with E-state index in [-0.39, 0.29) is 20.1 Å². The van der Waals surface area contributed by atoms with Crippen LogP contribution in [0.5, 0.6) is 0 Å². The van der Waals surface area contributed by atoms with Crippen LogP contribution in [0.3, 0.4) is 0 Å². The van der Waals surface area contributed by atoms with E-state index in [9.17, 15) is 0 Å². The summed E-state index contributed by atoms with van der Waals surface area (Å²) in [6.07, 6.45) is 4.97. The van der Waals surface area contributed by atoms with Crippen molar-refractivity contribution in [3.05, 3.63) is 138 Å². The molecule has 0 atom stereocenters. The topological polar surface area (TPSA) is 38.9 Å². The SMILES string of the molecule is Cc1cccc(C)c1-c1cccc2c1oc1cc(-c3cc(CC(C)C)ccn3)[c-]cc12.[CH3][Ge]([CH3])([CH3])[c]1ccc(-c2[c-]cccc2)nc1.[Ir]. The van der Waals surface area contributed by atoms with Gasteiger partial charge in [0.05, 0.1) is 5.58 Å². The van der Waals surface area contributed by atoms with Crippen LogP contribution < -0.4 is 4.40 Å². The molecule has 0 aliphatic rings. The first-order chi connectivity index (χ1) is 22.6. The van der Waals surface area contributed by atoms with E-state index in [4.69, 9.17) is 4.42 Å². The van der Waals surface area contributed by atoms with Crippen LogP contribution in [0.25, 0.3) is 55.6 Å². The molecule has 5 heteroatoms. The van der Waals surface area contributed by atoms with Gasteiger partial charge in [0.15, 0.2) is 0 Å². The zero-order chi connectivity index (χ0) is 33.1. The fourth-order valence-electron chi connectivity index (χ4n) is 6.09. The molecule has 0 aliphatic carbocycles. The van der Waals surface area contributed by atoms with Crippen molar-refractivity contribution in [2.45, 2.75) is 51.4 Å². The summed E-state index contributed by atoms with van der Waals surface area (Å²) in [7, 11) is 0. The Kier molecular flexibility index (Phi) is 11.2. The molecule has 3 nitrogen and oxygen atoms in total. The molecule has 0 bridgehead atoms. The molecule has 7 aromatic rings. The number of hydrogen-bond donors (Lipinski definition) is 0. The molecule has 0 amide bonds. The number of furan rings is 1. The standard InChI is InChI=1S/C29H26NO.C14H16GeN.Ir/c1-18(2)15-21-13-14-30-26(16-21)22-11-12-23-24-9-6-10-25(29(24)31-27(23)17-22)28-19(3)7-5-8-20(28)4;1-15(2,3)13-9-10-14(16-11-13)12-7-5-4-6-8-12;/h5-10,12-14,16-18H,15H2,1-4H3;4-7,9-11H,1-3H3;/q2*-1;. The zero-order valence-electron chi connectivity index (χ0n) is 28.8. The normalized spacial score (nSPS) is 11.3. The van der Waals surface area contributed by atoms with E-state index in [1.165, 1.54) is 26.6 Å². The first-order valence-electron chi connectivity index (χ1n) is 16.4. The van der Waals surface area contributed by atoms with Crippen LogP contribution in [0.1, 0.15) is 30.5 Å². The number of nitrogens with zero attached hydrogens (tertiary/aromatic N) is 2. The van der Waals surface area contributed by atoms with Gasteiger partial charge in [-0.15, -0.1) is 17.7 Å². The minimum Gasteiger partial charge on any atom is 0 e. The second-order valence-electron chi connectivity index (χ2n) is 13.8. The summed E-state index contributed by atoms with van der Waals surface area (Å²) in [6.45, 7) is 8.79. The van der Waals surface area contributed by atoms with Crippen LogP contribution in [0.4, 0.5) is 0 Å². The first-order valence-corrected chi connectivity index (χ1v) is 23.8. The fourth-order valence-corrected chi connectivity index (χ4v) is 8.26. The molecule has 3 aromatic heterocycles. The number of pyridine rings is 2. The molecule has 0 unspecified atom stereocenters. The van der Waals surface area contributed by atoms with Gasteiger partial charge in [-0.1, -0.05) is 73.3 Å². The van der Waals surface area contributed by atoms with Gasteiger partial charge in [0, 0.05) is 31.9 Å². The molecule has 0 N–H and O–H groups in total. The van der Waals surface area contributed by atoms with Gasteiger partial charge >= 0.3 is 99.8 Å². The zero-order valence-corrected chi connectivity index (χ0v) is 33.3. The van der Waals surface area contributed by atoms with Gasteiger partial charge in [0.2, 0.25) is 0 Å². The van der Waals surface area contributed by atoms with E-state index in [0.717, 1.165) is 56.4 Å². The Morgan fingerprint density at radius 1 is 0.750 bits per heavy atom. The van der Waals surface area contributed by atoms with Crippen molar-refractivity contribution in [2.75, 3.05) is 0 Å². The van der Waals surface area contributed by atoms with Gasteiger partial charge < -0.3 is 9.40 Å². The van der Waals surface area contributed by atoms with Gasteiger partial charge in [0.1, 0.15) is 5.58 Å². The summed E-state index contributed by atoms with van der Waals surface area (Å²) in [5.41, 5.74) is 12.0. The third-order valence-electron chi connectivity index (χ3n) is 8.54. The number of rotatable bonds is 6. The molecule has 245 valence electrons. The summed E-state index contributed by atoms with van der Waals surface area (Å²) in [5.74, 6) is 7.75. The molecule has 1 radical (unpaired) electrons. The molecule has 4 aromatic carbocycles. The number of fused-ring (bicyclic) bond motifs is 3. The molecule has 0 fully saturated rings. The van der Waals surface area contributed by atoms with E-state index in [1.54, 1.807) is 0 Å². The van der Waals surface area contributed by atoms with E-state index in [0.29, 0.717) is 5.92 Å². The van der Waals surface area contributed by atoms with E-state index >= 15 is 0 Å². The van der Waals surface area contributed by atoms with Crippen molar-refractivity contribution < 1.29 is 24.5 Å². The number of aromatic nitrogens is 2. The molecule has 48 heavy (non-hydrogen) atoms. The van der Waals surface area contributed by atoms with Crippen molar-refractivity contribution in [3.63, 3.8) is 0 Å². The minimum absolute atomic E-state index is 0. The van der Waals surface area contributed by atoms with Gasteiger partial charge in [-0.2, -0.15) is 0 Å². The maximum Gasteiger partial charge on any atom is 0 e. The van der Waals surface area contributed by atoms with E-state index < -0.39 is 13.3 Å². The molecular formula is C43H42GeIrN2O-2. The average molecular weight is 868 g/mol. The fraction of sp³-hybridized carbons (Fsp3) is 0.209. The average Bonchev–Trinajstić information content (AvgIpc) is 3.44. The Labute approximate surface area is 301 Å². The number of hydrogen-bond acceptors (Lipinski definition) is 3. The smallest absolute Gasteiger partial charge is 0 e. The number of para-hydroxylation sites is 1. The predicted molar refractivity (Wildman–Crippen MR) is 201 cm³/mol. The monoisotopic (exact) mass is 869 g/mol. The van der Waals surface area contributed by atoms with E-state index in [2.05, 4.69) is 134 Å². The van der Waals surface area contributed by atoms with Gasteiger partial charge in [-0.25, -0.2) is 0 Å². The Hall–Kier alpha value is -3.83. The molecule has 7 rings (SSSR count). The quantitative estimate of drug-likeness (QED) is 0.123. The Morgan fingerprint density at radius 2 is 1.52 bits per heavy atom. The van der Waals surface area contributed by atoms with Crippen LogP contribution in [0.2, 0.25) is 17.3 Å². The second-order valence-corrected chi connectivity index (χ2v) is 24.4. The van der Waals surface area contributed by atoms with Crippen molar-refractivity contribution in [1.29, 1.82) is 0 Å². The van der Waals surface area contributed by atoms with Crippen LogP contribution in [-0.2, 0) is 26.5 Å². The Balaban J connectivity index is 0.000000224. The van der Waals surface area contributed by atoms with Crippen LogP contribution in [0, 0.1) is 31.9 Å². The summed E-state index contributed by atoms with van der Waals surface area (Å²) in [5, 5.41) is 2.21. The van der Waals surface area contributed by atoms with Gasteiger partial charge in [0.25, 0.3) is 0 Å². The summed E-state index contributed by atoms with van der Waals surface area (Å²) < 4.78 is 7.90. The molecule has 3 heterocycles. The maximum absolute atomic E-state index is 6.46. The largest absolute Gasteiger partial charge is 0 e. The number of aryl methyl sites for hydroxylation is 2. The summed E-state index contributed by atoms with van der Waals surface area (Å²) >= 11 is -1.72. The van der Waals surface area contributed by atoms with Crippen molar-refractivity contribution in [3.8, 4) is 33.6 Å². The second kappa shape index (κ2) is 15.2. The van der Waals surface area contributed by atoms with Crippen molar-refractivity contribution in [1.82, 2.24) is 9.97 Å². The van der Waals surface area contributed by atoms with Gasteiger partial charge in [-0.3, -0.25) is 0 Å². The maximum atomic E-state index is 6.46. The number of benzene rings is 4. The molecule has 0 aliphatic heterocycles. The molecule has 0 saturated carbocycles. The minimum atomic E-state index is -1.72. The van der Waals surface area contributed by atoms with Crippen LogP contribution in [0.15, 0.2) is 114 Å². The summed E-state index contributed by atoms with van der Waals surface area (Å²) in [6, 6.07) is 40.1. The third kappa shape index (κ3) is 7.89. The van der Waals surface area contributed by atoms with Crippen LogP contribution >= 0.6 is 0 Å². The third-order valence-corrected chi connectivity index (χ3v) is 12.8. The van der Waals surface area contributed by atoms with Crippen molar-refractivity contribution >= 4 is 39.6 Å². The summed E-state index contributed by atoms with van der Waals surface area (Å²) in [4.78, 5) is 9.12. The van der Waals surface area contributed by atoms with E-state index in [1.807, 2.05) is 42.7 Å². The molecular weight excluding hydrogens is 825 g/mol. The Bertz CT molecular complexity index is 2130. The Morgan fingerprint density at radius 3 is 2.19 bits per heavy atom.